The second-order valence-corrected chi connectivity index (χ2v) is 3.23. The summed E-state index contributed by atoms with van der Waals surface area (Å²) >= 11 is 5.54. The van der Waals surface area contributed by atoms with Crippen LogP contribution in [0.4, 0.5) is 0 Å². The molecule has 0 aromatic rings. The molecule has 0 aromatic heterocycles. The van der Waals surface area contributed by atoms with Crippen LogP contribution in [0.2, 0.25) is 0 Å². The van der Waals surface area contributed by atoms with E-state index in [0.717, 1.165) is 25.7 Å². The molecule has 0 spiro atoms. The van der Waals surface area contributed by atoms with Gasteiger partial charge in [-0.1, -0.05) is 13.3 Å². The number of halogens is 1. The number of carbonyl (C=O) groups is 1. The predicted octanol–water partition coefficient (Wildman–Crippen LogP) is 2.74. The Bertz CT molecular complexity index is 126. The molecule has 0 radical (unpaired) electrons. The van der Waals surface area contributed by atoms with Gasteiger partial charge in [0.2, 0.25) is 0 Å². The molecule has 0 saturated carbocycles. The Morgan fingerprint density at radius 2 is 2.17 bits per heavy atom. The molecule has 0 saturated heterocycles. The summed E-state index contributed by atoms with van der Waals surface area (Å²) in [5, 5.41) is 0. The standard InChI is InChI=1S/C9H17ClO2/c1-3-5-9(6-4-7-10)12-8(2)11/h9H,3-7H2,1-2H3. The summed E-state index contributed by atoms with van der Waals surface area (Å²) in [7, 11) is 0. The van der Waals surface area contributed by atoms with Gasteiger partial charge in [-0.2, -0.15) is 0 Å². The highest BCUT2D eigenvalue weighted by Gasteiger charge is 2.09. The maximum Gasteiger partial charge on any atom is 0.302 e. The second kappa shape index (κ2) is 7.41. The van der Waals surface area contributed by atoms with E-state index in [2.05, 4.69) is 6.92 Å². The van der Waals surface area contributed by atoms with E-state index in [1.165, 1.54) is 6.92 Å². The Labute approximate surface area is 79.2 Å². The minimum atomic E-state index is -0.192. The molecule has 12 heavy (non-hydrogen) atoms. The zero-order valence-electron chi connectivity index (χ0n) is 7.81. The third-order valence-electron chi connectivity index (χ3n) is 1.60. The molecule has 0 aliphatic carbocycles. The number of rotatable bonds is 6. The van der Waals surface area contributed by atoms with E-state index in [4.69, 9.17) is 16.3 Å². The van der Waals surface area contributed by atoms with Gasteiger partial charge in [-0.25, -0.2) is 0 Å². The largest absolute Gasteiger partial charge is 0.463 e. The Morgan fingerprint density at radius 3 is 2.58 bits per heavy atom. The summed E-state index contributed by atoms with van der Waals surface area (Å²) in [4.78, 5) is 10.6. The van der Waals surface area contributed by atoms with Crippen LogP contribution < -0.4 is 0 Å². The molecule has 1 unspecified atom stereocenters. The lowest BCUT2D eigenvalue weighted by Crippen LogP contribution is -2.16. The summed E-state index contributed by atoms with van der Waals surface area (Å²) in [6.45, 7) is 3.53. The second-order valence-electron chi connectivity index (χ2n) is 2.85. The monoisotopic (exact) mass is 192 g/mol. The molecule has 2 nitrogen and oxygen atoms in total. The topological polar surface area (TPSA) is 26.3 Å². The molecule has 0 aromatic carbocycles. The zero-order chi connectivity index (χ0) is 9.40. The van der Waals surface area contributed by atoms with E-state index in [-0.39, 0.29) is 12.1 Å². The number of ether oxygens (including phenoxy) is 1. The van der Waals surface area contributed by atoms with E-state index in [1.54, 1.807) is 0 Å². The first-order chi connectivity index (χ1) is 5.70. The smallest absolute Gasteiger partial charge is 0.302 e. The minimum absolute atomic E-state index is 0.0752. The van der Waals surface area contributed by atoms with Gasteiger partial charge in [-0.05, 0) is 19.3 Å². The average molecular weight is 193 g/mol. The van der Waals surface area contributed by atoms with Crippen molar-refractivity contribution in [2.24, 2.45) is 0 Å². The highest BCUT2D eigenvalue weighted by atomic mass is 35.5. The van der Waals surface area contributed by atoms with E-state index in [1.807, 2.05) is 0 Å². The zero-order valence-corrected chi connectivity index (χ0v) is 8.56. The predicted molar refractivity (Wildman–Crippen MR) is 50.4 cm³/mol. The molecule has 0 amide bonds. The Hall–Kier alpha value is -0.240. The fourth-order valence-corrected chi connectivity index (χ4v) is 1.28. The third-order valence-corrected chi connectivity index (χ3v) is 1.87. The van der Waals surface area contributed by atoms with Crippen molar-refractivity contribution in [2.45, 2.75) is 45.6 Å². The number of carbonyl (C=O) groups excluding carboxylic acids is 1. The highest BCUT2D eigenvalue weighted by molar-refractivity contribution is 6.17. The summed E-state index contributed by atoms with van der Waals surface area (Å²) < 4.78 is 5.10. The van der Waals surface area contributed by atoms with E-state index >= 15 is 0 Å². The van der Waals surface area contributed by atoms with Gasteiger partial charge < -0.3 is 4.74 Å². The van der Waals surface area contributed by atoms with Crippen LogP contribution in [0.3, 0.4) is 0 Å². The van der Waals surface area contributed by atoms with Crippen molar-refractivity contribution in [2.75, 3.05) is 5.88 Å². The third kappa shape index (κ3) is 6.47. The molecule has 72 valence electrons. The van der Waals surface area contributed by atoms with E-state index in [9.17, 15) is 4.79 Å². The molecule has 0 heterocycles. The number of hydrogen-bond donors (Lipinski definition) is 0. The van der Waals surface area contributed by atoms with Gasteiger partial charge in [0.15, 0.2) is 0 Å². The van der Waals surface area contributed by atoms with E-state index < -0.39 is 0 Å². The van der Waals surface area contributed by atoms with Gasteiger partial charge in [0, 0.05) is 12.8 Å². The maximum atomic E-state index is 10.6. The molecule has 0 N–H and O–H groups in total. The molecule has 0 bridgehead atoms. The van der Waals surface area contributed by atoms with Crippen LogP contribution in [0, 0.1) is 0 Å². The number of hydrogen-bond acceptors (Lipinski definition) is 2. The van der Waals surface area contributed by atoms with Crippen molar-refractivity contribution in [3.05, 3.63) is 0 Å². The normalized spacial score (nSPS) is 12.6. The van der Waals surface area contributed by atoms with Crippen LogP contribution in [0.5, 0.6) is 0 Å². The van der Waals surface area contributed by atoms with Gasteiger partial charge in [-0.15, -0.1) is 11.6 Å². The van der Waals surface area contributed by atoms with Crippen LogP contribution >= 0.6 is 11.6 Å². The summed E-state index contributed by atoms with van der Waals surface area (Å²) in [6, 6.07) is 0. The molecule has 1 atom stereocenters. The van der Waals surface area contributed by atoms with Crippen molar-refractivity contribution in [1.29, 1.82) is 0 Å². The lowest BCUT2D eigenvalue weighted by atomic mass is 10.1. The van der Waals surface area contributed by atoms with Gasteiger partial charge >= 0.3 is 5.97 Å². The molecular formula is C9H17ClO2. The lowest BCUT2D eigenvalue weighted by Gasteiger charge is -2.14. The molecule has 0 aliphatic rings. The number of esters is 1. The van der Waals surface area contributed by atoms with Gasteiger partial charge in [0.05, 0.1) is 0 Å². The van der Waals surface area contributed by atoms with Gasteiger partial charge in [0.25, 0.3) is 0 Å². The van der Waals surface area contributed by atoms with Crippen molar-refractivity contribution in [3.63, 3.8) is 0 Å². The van der Waals surface area contributed by atoms with Crippen molar-refractivity contribution >= 4 is 17.6 Å². The van der Waals surface area contributed by atoms with Crippen LogP contribution in [0.15, 0.2) is 0 Å². The maximum absolute atomic E-state index is 10.6. The van der Waals surface area contributed by atoms with Crippen LogP contribution in [0.1, 0.15) is 39.5 Å². The number of alkyl halides is 1. The van der Waals surface area contributed by atoms with Gasteiger partial charge in [0.1, 0.15) is 6.10 Å². The first kappa shape index (κ1) is 11.8. The molecule has 0 fully saturated rings. The minimum Gasteiger partial charge on any atom is -0.463 e. The lowest BCUT2D eigenvalue weighted by molar-refractivity contribution is -0.146. The molecule has 0 aliphatic heterocycles. The van der Waals surface area contributed by atoms with Gasteiger partial charge in [-0.3, -0.25) is 4.79 Å². The first-order valence-corrected chi connectivity index (χ1v) is 4.97. The first-order valence-electron chi connectivity index (χ1n) is 4.43. The fraction of sp³-hybridized carbons (Fsp3) is 0.889. The summed E-state index contributed by atoms with van der Waals surface area (Å²) in [6.07, 6.45) is 3.86. The summed E-state index contributed by atoms with van der Waals surface area (Å²) in [5.41, 5.74) is 0. The summed E-state index contributed by atoms with van der Waals surface area (Å²) in [5.74, 6) is 0.449. The Balaban J connectivity index is 3.61. The Kier molecular flexibility index (Phi) is 7.26. The quantitative estimate of drug-likeness (QED) is 0.478. The molecule has 0 rings (SSSR count). The fourth-order valence-electron chi connectivity index (χ4n) is 1.12. The Morgan fingerprint density at radius 1 is 1.50 bits per heavy atom. The SMILES string of the molecule is CCCC(CCCCl)OC(C)=O. The molecular weight excluding hydrogens is 176 g/mol. The van der Waals surface area contributed by atoms with Crippen LogP contribution in [-0.2, 0) is 9.53 Å². The van der Waals surface area contributed by atoms with Crippen molar-refractivity contribution in [1.82, 2.24) is 0 Å². The van der Waals surface area contributed by atoms with Crippen LogP contribution in [-0.4, -0.2) is 18.0 Å². The average Bonchev–Trinajstić information content (AvgIpc) is 2.00. The van der Waals surface area contributed by atoms with Crippen LogP contribution in [0.25, 0.3) is 0 Å². The van der Waals surface area contributed by atoms with Crippen molar-refractivity contribution in [3.8, 4) is 0 Å². The van der Waals surface area contributed by atoms with E-state index in [0.29, 0.717) is 5.88 Å². The highest BCUT2D eigenvalue weighted by Crippen LogP contribution is 2.10. The molecule has 3 heteroatoms. The van der Waals surface area contributed by atoms with Crippen molar-refractivity contribution < 1.29 is 9.53 Å².